The zero-order valence-electron chi connectivity index (χ0n) is 75.2. The molecule has 0 aliphatic heterocycles. The van der Waals surface area contributed by atoms with Gasteiger partial charge >= 0.3 is 42.1 Å². The Balaban J connectivity index is 0.000000265. The molecule has 13 nitrogen and oxygen atoms in total. The molecule has 0 saturated heterocycles. The molecular weight excluding hydrogens is 2800 g/mol. The standard InChI is InChI=1S/C40H31N3.C22H19N3.C14H12N3.C13H11F2N2.C12H8F2N.C11H6F2N.4Ir.2Pt/c1-41-39(32-16-8-4-9-17-32)34-20-12-22-37(28-34)43(36-26-24-31(25-27-36)30-14-6-3-7-15-30)38-23-13-21-35(29-38)40(42-2)33-18-10-5-11-19-33;1-23-16-18-8-6-12-21(14-18)25(20-10-4-3-5-11-20)22-13-7-9-19(15-22)17-24-2;1-15-12-6-4-5-11(9-12)14-10-13(17(2)3)7-8-16-14;1-17(2)10-4-6-13(16-8-10)11-5-3-9(14)7-12(11)15;1-8-3-2-6-15-12(8)10-5-4-9(13)7-11(10)14;12-8-4-5-9(10(13)7-8)11-3-1-2-6-14-11;;;;;;/h3-27H,1-2H3;3-13,16-17H,1-2H3;4,6-10H,2-3H3;3-4,6-8H,1-2H3;2-4,6-7H,1H3;1-4,6-7H;;;;;;/q2*-2;4*-1;;;;;2*+2. The minimum Gasteiger partial charge on any atom is -0.378 e. The van der Waals surface area contributed by atoms with Crippen molar-refractivity contribution < 1.29 is 149 Å². The summed E-state index contributed by atoms with van der Waals surface area (Å²) in [5, 5.41) is 0. The molecule has 0 aliphatic carbocycles. The van der Waals surface area contributed by atoms with Crippen LogP contribution >= 0.6 is 0 Å². The molecule has 4 radical (unpaired) electrons. The summed E-state index contributed by atoms with van der Waals surface area (Å²) in [6.07, 6.45) is 10.1. The normalized spacial score (nSPS) is 10.4. The second-order valence-corrected chi connectivity index (χ2v) is 29.1. The SMILES string of the molecule is CN(C)c1ccc(-c2[c-]cc(F)cc2F)nc1.CN=C(c1[c-]c(N(c2[c-]c(C(=NC)c3ccccc3)ccc2)c2ccc(-c3ccccc3)cc2)ccc1)c1ccccc1.CN=Cc1[c-]c(N(c2[c-]c(C=NC)ccc2)c2ccccc2)ccc1.Cc1cccnc1-c1[c-]cc(F)cc1F.Fc1c[c-]c(-c2ccccn2)c(F)c1.[C-]#[N+]c1cc[c-]c(-c2cc(N(C)C)ccn2)c1.[Ir].[Ir].[Ir].[Ir].[Pt+2].[Pt+2]. The minimum atomic E-state index is -0.657. The quantitative estimate of drug-likeness (QED) is 0.0446. The van der Waals surface area contributed by atoms with Crippen LogP contribution in [0.5, 0.6) is 0 Å². The van der Waals surface area contributed by atoms with Crippen LogP contribution in [-0.2, 0) is 123 Å². The first-order valence-corrected chi connectivity index (χ1v) is 41.2. The number of hydrogen-bond acceptors (Lipinski definition) is 12. The monoisotopic (exact) mass is 2890 g/mol. The molecule has 0 unspecified atom stereocenters. The molecule has 0 fully saturated rings. The molecule has 4 aromatic heterocycles. The number of pyridine rings is 4. The van der Waals surface area contributed by atoms with Gasteiger partial charge in [0.15, 0.2) is 0 Å². The Hall–Kier alpha value is -12.6. The third kappa shape index (κ3) is 32.3. The van der Waals surface area contributed by atoms with Crippen LogP contribution in [0.1, 0.15) is 38.9 Å². The number of aryl methyl sites for hydroxylation is 1. The molecule has 0 saturated carbocycles. The fourth-order valence-corrected chi connectivity index (χ4v) is 13.4. The fourth-order valence-electron chi connectivity index (χ4n) is 13.4. The van der Waals surface area contributed by atoms with Gasteiger partial charge < -0.3 is 59.5 Å². The Morgan fingerprint density at radius 1 is 0.365 bits per heavy atom. The maximum absolute atomic E-state index is 13.5. The van der Waals surface area contributed by atoms with Crippen molar-refractivity contribution in [3.05, 3.63) is 486 Å². The first-order valence-electron chi connectivity index (χ1n) is 41.2. The zero-order chi connectivity index (χ0) is 92.4. The first kappa shape index (κ1) is 113. The smallest absolute Gasteiger partial charge is 0.378 e. The van der Waals surface area contributed by atoms with Crippen molar-refractivity contribution in [3.8, 4) is 56.2 Å². The van der Waals surface area contributed by atoms with Gasteiger partial charge in [-0.3, -0.25) is 31.2 Å². The molecule has 0 bridgehead atoms. The number of benzene rings is 13. The third-order valence-electron chi connectivity index (χ3n) is 19.7. The van der Waals surface area contributed by atoms with Gasteiger partial charge in [-0.05, 0) is 135 Å². The van der Waals surface area contributed by atoms with Crippen LogP contribution in [0.25, 0.3) is 61.0 Å². The molecular formula is C112H87F6Ir4N13Pt2-4. The van der Waals surface area contributed by atoms with Crippen LogP contribution in [0.3, 0.4) is 0 Å². The average Bonchev–Trinajstić information content (AvgIpc) is 0.782. The number of aliphatic imine (C=N–C) groups is 4. The summed E-state index contributed by atoms with van der Waals surface area (Å²) < 4.78 is 78.1. The van der Waals surface area contributed by atoms with Crippen LogP contribution in [0.15, 0.2) is 372 Å². The van der Waals surface area contributed by atoms with Gasteiger partial charge in [-0.1, -0.05) is 205 Å². The summed E-state index contributed by atoms with van der Waals surface area (Å²) in [5.41, 5.74) is 22.7. The van der Waals surface area contributed by atoms with E-state index in [-0.39, 0.29) is 139 Å². The zero-order valence-corrected chi connectivity index (χ0v) is 89.3. The van der Waals surface area contributed by atoms with E-state index >= 15 is 0 Å². The van der Waals surface area contributed by atoms with E-state index in [1.165, 1.54) is 5.56 Å². The van der Waals surface area contributed by atoms with Crippen molar-refractivity contribution >= 4 is 75.0 Å². The van der Waals surface area contributed by atoms with Gasteiger partial charge in [-0.2, -0.15) is 6.07 Å². The molecule has 17 aromatic rings. The number of halogens is 6. The van der Waals surface area contributed by atoms with Crippen LogP contribution in [0, 0.1) is 96.9 Å². The van der Waals surface area contributed by atoms with Crippen molar-refractivity contribution in [1.29, 1.82) is 0 Å². The molecule has 25 heteroatoms. The average molecular weight is 2890 g/mol. The van der Waals surface area contributed by atoms with Crippen LogP contribution < -0.4 is 19.6 Å². The summed E-state index contributed by atoms with van der Waals surface area (Å²) in [4.78, 5) is 45.5. The molecule has 0 atom stereocenters. The molecule has 0 spiro atoms. The predicted octanol–water partition coefficient (Wildman–Crippen LogP) is 26.2. The number of aromatic nitrogens is 4. The second-order valence-electron chi connectivity index (χ2n) is 29.1. The van der Waals surface area contributed by atoms with E-state index in [1.807, 2.05) is 180 Å². The van der Waals surface area contributed by atoms with Gasteiger partial charge in [-0.25, -0.2) is 0 Å². The van der Waals surface area contributed by atoms with Crippen LogP contribution in [0.2, 0.25) is 0 Å². The van der Waals surface area contributed by atoms with Crippen molar-refractivity contribution in [1.82, 2.24) is 19.9 Å². The summed E-state index contributed by atoms with van der Waals surface area (Å²) in [6, 6.07) is 126. The Morgan fingerprint density at radius 3 is 1.23 bits per heavy atom. The van der Waals surface area contributed by atoms with E-state index in [0.29, 0.717) is 22.8 Å². The number of nitrogens with zero attached hydrogens (tertiary/aromatic N) is 13. The van der Waals surface area contributed by atoms with Gasteiger partial charge in [0.1, 0.15) is 5.69 Å². The summed E-state index contributed by atoms with van der Waals surface area (Å²) in [6.45, 7) is 8.81. The van der Waals surface area contributed by atoms with E-state index in [0.717, 1.165) is 149 Å². The van der Waals surface area contributed by atoms with Gasteiger partial charge in [0.05, 0.1) is 12.3 Å². The Morgan fingerprint density at radius 2 is 0.788 bits per heavy atom. The summed E-state index contributed by atoms with van der Waals surface area (Å²) in [5.74, 6) is -3.86. The van der Waals surface area contributed by atoms with E-state index in [9.17, 15) is 26.3 Å². The van der Waals surface area contributed by atoms with E-state index in [2.05, 4.69) is 224 Å². The fraction of sp³-hybridized carbons (Fsp3) is 0.0804. The maximum Gasteiger partial charge on any atom is 2.00 e. The summed E-state index contributed by atoms with van der Waals surface area (Å²) >= 11 is 0. The van der Waals surface area contributed by atoms with E-state index in [1.54, 1.807) is 99.8 Å². The Bertz CT molecular complexity index is 6640. The molecule has 17 rings (SSSR count). The van der Waals surface area contributed by atoms with Crippen molar-refractivity contribution in [2.24, 2.45) is 20.0 Å². The molecule has 702 valence electrons. The maximum atomic E-state index is 13.5. The molecule has 0 N–H and O–H groups in total. The largest absolute Gasteiger partial charge is 2.00 e. The molecule has 137 heavy (non-hydrogen) atoms. The van der Waals surface area contributed by atoms with E-state index in [4.69, 9.17) is 6.57 Å². The number of anilines is 8. The van der Waals surface area contributed by atoms with Crippen molar-refractivity contribution in [2.75, 3.05) is 76.0 Å². The van der Waals surface area contributed by atoms with Crippen molar-refractivity contribution in [3.63, 3.8) is 0 Å². The van der Waals surface area contributed by atoms with Gasteiger partial charge in [-0.15, -0.1) is 179 Å². The molecule has 0 aliphatic rings. The number of hydrogen-bond donors (Lipinski definition) is 0. The second kappa shape index (κ2) is 58.1. The third-order valence-corrected chi connectivity index (χ3v) is 19.7. The molecule has 4 heterocycles. The Labute approximate surface area is 880 Å². The van der Waals surface area contributed by atoms with Gasteiger partial charge in [0.2, 0.25) is 0 Å². The van der Waals surface area contributed by atoms with Crippen LogP contribution in [0.4, 0.5) is 77.5 Å². The van der Waals surface area contributed by atoms with Gasteiger partial charge in [0, 0.05) is 214 Å². The topological polar surface area (TPSA) is 118 Å². The minimum absolute atomic E-state index is 0. The Kier molecular flexibility index (Phi) is 48.0. The predicted molar refractivity (Wildman–Crippen MR) is 520 cm³/mol. The molecule has 0 amide bonds. The van der Waals surface area contributed by atoms with E-state index < -0.39 is 34.9 Å². The molecule has 13 aromatic carbocycles. The van der Waals surface area contributed by atoms with Crippen LogP contribution in [-0.4, -0.2) is 100 Å². The first-order chi connectivity index (χ1) is 63.8. The summed E-state index contributed by atoms with van der Waals surface area (Å²) in [7, 11) is 14.9. The van der Waals surface area contributed by atoms with Gasteiger partial charge in [0.25, 0.3) is 0 Å². The number of para-hydroxylation sites is 1. The van der Waals surface area contributed by atoms with Crippen molar-refractivity contribution in [2.45, 2.75) is 6.92 Å². The number of rotatable bonds is 19.